The summed E-state index contributed by atoms with van der Waals surface area (Å²) >= 11 is 0. The van der Waals surface area contributed by atoms with Gasteiger partial charge < -0.3 is 15.1 Å². The van der Waals surface area contributed by atoms with Crippen molar-refractivity contribution in [3.05, 3.63) is 71.7 Å². The Morgan fingerprint density at radius 1 is 0.969 bits per heavy atom. The van der Waals surface area contributed by atoms with Gasteiger partial charge in [-0.1, -0.05) is 12.1 Å². The topological polar surface area (TPSA) is 74.2 Å². The number of carbonyl (C=O) groups is 1. The van der Waals surface area contributed by atoms with Gasteiger partial charge in [0.05, 0.1) is 11.1 Å². The summed E-state index contributed by atoms with van der Waals surface area (Å²) in [5, 5.41) is 3.13. The predicted octanol–water partition coefficient (Wildman–Crippen LogP) is 3.90. The molecule has 0 atom stereocenters. The molecule has 0 aliphatic carbocycles. The summed E-state index contributed by atoms with van der Waals surface area (Å²) in [7, 11) is 0. The zero-order valence-corrected chi connectivity index (χ0v) is 17.3. The minimum Gasteiger partial charge on any atom is -0.353 e. The van der Waals surface area contributed by atoms with Crippen LogP contribution in [0.5, 0.6) is 0 Å². The van der Waals surface area contributed by atoms with Gasteiger partial charge in [0.1, 0.15) is 23.8 Å². The van der Waals surface area contributed by atoms with Crippen molar-refractivity contribution in [3.8, 4) is 0 Å². The zero-order chi connectivity index (χ0) is 22.7. The van der Waals surface area contributed by atoms with Gasteiger partial charge in [-0.3, -0.25) is 4.79 Å². The normalized spacial score (nSPS) is 14.4. The highest BCUT2D eigenvalue weighted by molar-refractivity contribution is 5.96. The number of aryl methyl sites for hydroxylation is 1. The summed E-state index contributed by atoms with van der Waals surface area (Å²) in [6.07, 6.45) is -1.44. The van der Waals surface area contributed by atoms with E-state index in [1.54, 1.807) is 12.3 Å². The molecule has 0 bridgehead atoms. The van der Waals surface area contributed by atoms with E-state index in [2.05, 4.69) is 20.3 Å². The first-order valence-corrected chi connectivity index (χ1v) is 10.0. The van der Waals surface area contributed by atoms with E-state index in [0.717, 1.165) is 11.6 Å². The monoisotopic (exact) mass is 442 g/mol. The largest absolute Gasteiger partial charge is 0.417 e. The molecular formula is C22H21F3N6O. The van der Waals surface area contributed by atoms with E-state index in [9.17, 15) is 18.0 Å². The molecule has 1 aromatic carbocycles. The summed E-state index contributed by atoms with van der Waals surface area (Å²) in [4.78, 5) is 28.9. The molecule has 3 aromatic rings. The molecular weight excluding hydrogens is 421 g/mol. The van der Waals surface area contributed by atoms with Crippen molar-refractivity contribution in [2.45, 2.75) is 13.1 Å². The molecule has 1 amide bonds. The minimum atomic E-state index is -4.58. The Bertz CT molecular complexity index is 1110. The van der Waals surface area contributed by atoms with Crippen LogP contribution in [0.3, 0.4) is 0 Å². The lowest BCUT2D eigenvalue weighted by Gasteiger charge is -2.35. The number of nitrogens with zero attached hydrogens (tertiary/aromatic N) is 5. The summed E-state index contributed by atoms with van der Waals surface area (Å²) in [5.74, 6) is 1.28. The van der Waals surface area contributed by atoms with Gasteiger partial charge in [0, 0.05) is 38.4 Å². The standard InChI is InChI=1S/C22H21F3N6O/c1-15-6-7-26-18(12-15)29-19-13-20(28-14-27-19)30-8-10-31(11-9-30)21(32)16-4-2-3-5-17(16)22(23,24)25/h2-7,12-14H,8-11H2,1H3,(H,26,27,28,29). The fourth-order valence-corrected chi connectivity index (χ4v) is 3.55. The number of rotatable bonds is 4. The maximum Gasteiger partial charge on any atom is 0.417 e. The number of alkyl halides is 3. The molecule has 10 heteroatoms. The first kappa shape index (κ1) is 21.5. The number of benzene rings is 1. The van der Waals surface area contributed by atoms with Crippen molar-refractivity contribution in [1.82, 2.24) is 19.9 Å². The van der Waals surface area contributed by atoms with Crippen LogP contribution in [0.2, 0.25) is 0 Å². The van der Waals surface area contributed by atoms with Gasteiger partial charge in [-0.25, -0.2) is 15.0 Å². The summed E-state index contributed by atoms with van der Waals surface area (Å²) in [5.41, 5.74) is -0.180. The van der Waals surface area contributed by atoms with Crippen LogP contribution in [-0.2, 0) is 6.18 Å². The number of aromatic nitrogens is 3. The van der Waals surface area contributed by atoms with Crippen LogP contribution >= 0.6 is 0 Å². The second kappa shape index (κ2) is 8.81. The molecule has 4 rings (SSSR count). The van der Waals surface area contributed by atoms with E-state index in [4.69, 9.17) is 0 Å². The molecule has 166 valence electrons. The third-order valence-corrected chi connectivity index (χ3v) is 5.18. The van der Waals surface area contributed by atoms with Gasteiger partial charge in [0.25, 0.3) is 5.91 Å². The molecule has 1 aliphatic heterocycles. The SMILES string of the molecule is Cc1ccnc(Nc2cc(N3CCN(C(=O)c4ccccc4C(F)(F)F)CC3)ncn2)c1. The number of hydrogen-bond donors (Lipinski definition) is 1. The summed E-state index contributed by atoms with van der Waals surface area (Å²) in [6, 6.07) is 10.4. The van der Waals surface area contributed by atoms with Crippen LogP contribution in [0, 0.1) is 6.92 Å². The number of hydrogen-bond acceptors (Lipinski definition) is 6. The Labute approximate surface area is 182 Å². The molecule has 0 spiro atoms. The number of pyridine rings is 1. The summed E-state index contributed by atoms with van der Waals surface area (Å²) < 4.78 is 39.8. The van der Waals surface area contributed by atoms with Crippen LogP contribution in [0.15, 0.2) is 55.0 Å². The highest BCUT2D eigenvalue weighted by Crippen LogP contribution is 2.32. The Morgan fingerprint density at radius 3 is 2.41 bits per heavy atom. The maximum atomic E-state index is 13.3. The number of carbonyl (C=O) groups excluding carboxylic acids is 1. The smallest absolute Gasteiger partial charge is 0.353 e. The molecule has 1 N–H and O–H groups in total. The quantitative estimate of drug-likeness (QED) is 0.661. The molecule has 0 unspecified atom stereocenters. The van der Waals surface area contributed by atoms with Gasteiger partial charge in [-0.15, -0.1) is 0 Å². The van der Waals surface area contributed by atoms with Crippen LogP contribution in [0.25, 0.3) is 0 Å². The molecule has 3 heterocycles. The first-order chi connectivity index (χ1) is 15.3. The molecule has 2 aromatic heterocycles. The zero-order valence-electron chi connectivity index (χ0n) is 17.3. The van der Waals surface area contributed by atoms with Crippen molar-refractivity contribution >= 4 is 23.4 Å². The third-order valence-electron chi connectivity index (χ3n) is 5.18. The third kappa shape index (κ3) is 4.79. The Balaban J connectivity index is 1.43. The van der Waals surface area contributed by atoms with Crippen molar-refractivity contribution in [3.63, 3.8) is 0 Å². The second-order valence-electron chi connectivity index (χ2n) is 7.43. The molecule has 32 heavy (non-hydrogen) atoms. The van der Waals surface area contributed by atoms with Crippen molar-refractivity contribution in [2.75, 3.05) is 36.4 Å². The predicted molar refractivity (Wildman–Crippen MR) is 114 cm³/mol. The highest BCUT2D eigenvalue weighted by atomic mass is 19.4. The maximum absolute atomic E-state index is 13.3. The Kier molecular flexibility index (Phi) is 5.93. The van der Waals surface area contributed by atoms with Gasteiger partial charge in [-0.05, 0) is 36.8 Å². The summed E-state index contributed by atoms with van der Waals surface area (Å²) in [6.45, 7) is 3.43. The van der Waals surface area contributed by atoms with Crippen LogP contribution in [0.1, 0.15) is 21.5 Å². The van der Waals surface area contributed by atoms with E-state index in [0.29, 0.717) is 30.5 Å². The number of nitrogens with one attached hydrogen (secondary N) is 1. The van der Waals surface area contributed by atoms with E-state index in [1.807, 2.05) is 24.0 Å². The minimum absolute atomic E-state index is 0.289. The van der Waals surface area contributed by atoms with Gasteiger partial charge in [0.15, 0.2) is 0 Å². The second-order valence-corrected chi connectivity index (χ2v) is 7.43. The number of amides is 1. The average molecular weight is 442 g/mol. The van der Waals surface area contributed by atoms with Crippen molar-refractivity contribution < 1.29 is 18.0 Å². The molecule has 1 aliphatic rings. The molecule has 1 fully saturated rings. The van der Waals surface area contributed by atoms with Crippen molar-refractivity contribution in [1.29, 1.82) is 0 Å². The van der Waals surface area contributed by atoms with Gasteiger partial charge >= 0.3 is 6.18 Å². The molecule has 0 saturated carbocycles. The van der Waals surface area contributed by atoms with E-state index >= 15 is 0 Å². The fraction of sp³-hybridized carbons (Fsp3) is 0.273. The lowest BCUT2D eigenvalue weighted by atomic mass is 10.1. The molecule has 1 saturated heterocycles. The lowest BCUT2D eigenvalue weighted by molar-refractivity contribution is -0.138. The van der Waals surface area contributed by atoms with Crippen LogP contribution in [0.4, 0.5) is 30.6 Å². The van der Waals surface area contributed by atoms with E-state index in [1.165, 1.54) is 29.4 Å². The van der Waals surface area contributed by atoms with Crippen LogP contribution in [-0.4, -0.2) is 51.9 Å². The Hall–Kier alpha value is -3.69. The Morgan fingerprint density at radius 2 is 1.69 bits per heavy atom. The van der Waals surface area contributed by atoms with Gasteiger partial charge in [0.2, 0.25) is 0 Å². The van der Waals surface area contributed by atoms with E-state index < -0.39 is 17.6 Å². The number of piperazine rings is 1. The number of anilines is 3. The molecule has 7 nitrogen and oxygen atoms in total. The molecule has 0 radical (unpaired) electrons. The van der Waals surface area contributed by atoms with E-state index in [-0.39, 0.29) is 18.7 Å². The van der Waals surface area contributed by atoms with Gasteiger partial charge in [-0.2, -0.15) is 13.2 Å². The lowest BCUT2D eigenvalue weighted by Crippen LogP contribution is -2.49. The van der Waals surface area contributed by atoms with Crippen LogP contribution < -0.4 is 10.2 Å². The number of halogens is 3. The average Bonchev–Trinajstić information content (AvgIpc) is 2.78. The highest BCUT2D eigenvalue weighted by Gasteiger charge is 2.36. The van der Waals surface area contributed by atoms with Crippen molar-refractivity contribution in [2.24, 2.45) is 0 Å². The first-order valence-electron chi connectivity index (χ1n) is 10.0. The fourth-order valence-electron chi connectivity index (χ4n) is 3.55.